The zero-order chi connectivity index (χ0) is 21.6. The first-order valence-corrected chi connectivity index (χ1v) is 10.2. The number of fused-ring (bicyclic) bond motifs is 1. The fraction of sp³-hybridized carbons (Fsp3) is 0.125. The molecule has 156 valence electrons. The first-order chi connectivity index (χ1) is 15.1. The average Bonchev–Trinajstić information content (AvgIpc) is 3.22. The third kappa shape index (κ3) is 4.95. The zero-order valence-electron chi connectivity index (χ0n) is 17.0. The van der Waals surface area contributed by atoms with Gasteiger partial charge in [0.2, 0.25) is 0 Å². The number of hydrogen-bond donors (Lipinski definition) is 1. The molecule has 5 nitrogen and oxygen atoms in total. The minimum absolute atomic E-state index is 0.253. The topological polar surface area (TPSA) is 52.0 Å². The second-order valence-corrected chi connectivity index (χ2v) is 7.43. The summed E-state index contributed by atoms with van der Waals surface area (Å²) in [6.45, 7) is 0. The van der Waals surface area contributed by atoms with Crippen molar-refractivity contribution in [3.8, 4) is 5.75 Å². The van der Waals surface area contributed by atoms with Crippen LogP contribution in [0.5, 0.6) is 5.75 Å². The van der Waals surface area contributed by atoms with Crippen molar-refractivity contribution in [1.29, 1.82) is 0 Å². The first kappa shape index (κ1) is 20.7. The zero-order valence-corrected chi connectivity index (χ0v) is 17.8. The summed E-state index contributed by atoms with van der Waals surface area (Å²) in [6, 6.07) is 22.0. The largest absolute Gasteiger partial charge is 0.497 e. The van der Waals surface area contributed by atoms with Gasteiger partial charge < -0.3 is 10.1 Å². The number of nitrogens with one attached hydrogen (secondary N) is 1. The summed E-state index contributed by atoms with van der Waals surface area (Å²) in [4.78, 5) is 0.639. The van der Waals surface area contributed by atoms with Gasteiger partial charge in [0.25, 0.3) is 0 Å². The number of allylic oxidation sites excluding steroid dienone is 1. The standard InChI is InChI=1S/C24H21FN4OS/c1-30-20-13-10-18(11-14-20)26-24(31)15-12-19(16-17-6-2-3-7-21(17)25)29-23-9-5-4-8-22(23)27-28-29/h2-14H,15-16H2,1H3,(H,26,31)/b19-12+. The van der Waals surface area contributed by atoms with Crippen LogP contribution >= 0.6 is 12.2 Å². The van der Waals surface area contributed by atoms with Crippen LogP contribution in [0.25, 0.3) is 16.7 Å². The van der Waals surface area contributed by atoms with Crippen LogP contribution in [0.15, 0.2) is 78.9 Å². The molecule has 1 N–H and O–H groups in total. The lowest BCUT2D eigenvalue weighted by Gasteiger charge is -2.11. The van der Waals surface area contributed by atoms with Crippen molar-refractivity contribution in [2.75, 3.05) is 12.4 Å². The molecule has 4 aromatic rings. The quantitative estimate of drug-likeness (QED) is 0.391. The Balaban J connectivity index is 1.59. The van der Waals surface area contributed by atoms with Crippen molar-refractivity contribution in [1.82, 2.24) is 15.0 Å². The molecule has 0 bridgehead atoms. The summed E-state index contributed by atoms with van der Waals surface area (Å²) in [7, 11) is 1.63. The van der Waals surface area contributed by atoms with Crippen molar-refractivity contribution in [3.05, 3.63) is 90.3 Å². The Morgan fingerprint density at radius 2 is 1.81 bits per heavy atom. The van der Waals surface area contributed by atoms with Crippen molar-refractivity contribution >= 4 is 39.6 Å². The minimum atomic E-state index is -0.253. The third-order valence-corrected chi connectivity index (χ3v) is 5.12. The number of benzene rings is 3. The van der Waals surface area contributed by atoms with Gasteiger partial charge in [0.05, 0.1) is 17.6 Å². The predicted molar refractivity (Wildman–Crippen MR) is 126 cm³/mol. The van der Waals surface area contributed by atoms with Crippen LogP contribution in [0.4, 0.5) is 10.1 Å². The molecule has 0 fully saturated rings. The molecule has 0 aliphatic heterocycles. The molecule has 31 heavy (non-hydrogen) atoms. The highest BCUT2D eigenvalue weighted by molar-refractivity contribution is 7.80. The second-order valence-electron chi connectivity index (χ2n) is 6.93. The third-order valence-electron chi connectivity index (χ3n) is 4.85. The van der Waals surface area contributed by atoms with Gasteiger partial charge in [-0.15, -0.1) is 5.10 Å². The van der Waals surface area contributed by atoms with Gasteiger partial charge in [0.1, 0.15) is 17.1 Å². The van der Waals surface area contributed by atoms with Crippen LogP contribution in [-0.4, -0.2) is 27.1 Å². The number of thiocarbonyl (C=S) groups is 1. The Labute approximate surface area is 185 Å². The molecule has 0 amide bonds. The molecular weight excluding hydrogens is 411 g/mol. The summed E-state index contributed by atoms with van der Waals surface area (Å²) >= 11 is 5.52. The molecule has 1 aromatic heterocycles. The maximum absolute atomic E-state index is 14.3. The molecule has 0 atom stereocenters. The number of para-hydroxylation sites is 1. The Hall–Kier alpha value is -3.58. The summed E-state index contributed by atoms with van der Waals surface area (Å²) in [5.41, 5.74) is 3.90. The molecule has 0 spiro atoms. The fourth-order valence-electron chi connectivity index (χ4n) is 3.25. The molecule has 0 saturated heterocycles. The predicted octanol–water partition coefficient (Wildman–Crippen LogP) is 5.49. The van der Waals surface area contributed by atoms with E-state index in [0.717, 1.165) is 28.2 Å². The SMILES string of the molecule is COc1ccc(NC(=S)C/C=C(\Cc2ccccc2F)n2nnc3ccccc32)cc1. The van der Waals surface area contributed by atoms with Crippen LogP contribution in [0.2, 0.25) is 0 Å². The summed E-state index contributed by atoms with van der Waals surface area (Å²) in [6.07, 6.45) is 2.80. The van der Waals surface area contributed by atoms with E-state index in [-0.39, 0.29) is 5.82 Å². The van der Waals surface area contributed by atoms with Gasteiger partial charge in [0.15, 0.2) is 0 Å². The normalized spacial score (nSPS) is 11.5. The molecule has 3 aromatic carbocycles. The van der Waals surface area contributed by atoms with E-state index >= 15 is 0 Å². The van der Waals surface area contributed by atoms with Gasteiger partial charge in [0, 0.05) is 24.2 Å². The fourth-order valence-corrected chi connectivity index (χ4v) is 3.45. The number of nitrogens with zero attached hydrogens (tertiary/aromatic N) is 3. The van der Waals surface area contributed by atoms with Crippen molar-refractivity contribution in [2.45, 2.75) is 12.8 Å². The van der Waals surface area contributed by atoms with Gasteiger partial charge in [-0.2, -0.15) is 0 Å². The Morgan fingerprint density at radius 1 is 1.06 bits per heavy atom. The van der Waals surface area contributed by atoms with E-state index in [1.807, 2.05) is 60.7 Å². The van der Waals surface area contributed by atoms with Gasteiger partial charge in [-0.3, -0.25) is 0 Å². The van der Waals surface area contributed by atoms with Crippen LogP contribution in [0.3, 0.4) is 0 Å². The molecule has 1 heterocycles. The van der Waals surface area contributed by atoms with Crippen LogP contribution in [-0.2, 0) is 6.42 Å². The lowest BCUT2D eigenvalue weighted by molar-refractivity contribution is 0.415. The van der Waals surface area contributed by atoms with E-state index in [1.54, 1.807) is 23.9 Å². The Bertz CT molecular complexity index is 1230. The number of aromatic nitrogens is 3. The molecule has 7 heteroatoms. The van der Waals surface area contributed by atoms with E-state index in [4.69, 9.17) is 17.0 Å². The molecule has 0 aliphatic rings. The summed E-state index contributed by atoms with van der Waals surface area (Å²) in [5, 5.41) is 11.8. The highest BCUT2D eigenvalue weighted by Gasteiger charge is 2.12. The van der Waals surface area contributed by atoms with E-state index in [0.29, 0.717) is 23.4 Å². The number of halogens is 1. The maximum Gasteiger partial charge on any atom is 0.126 e. The highest BCUT2D eigenvalue weighted by atomic mass is 32.1. The monoisotopic (exact) mass is 432 g/mol. The van der Waals surface area contributed by atoms with Gasteiger partial charge in [-0.05, 0) is 48.0 Å². The van der Waals surface area contributed by atoms with E-state index in [9.17, 15) is 4.39 Å². The van der Waals surface area contributed by atoms with Crippen LogP contribution in [0, 0.1) is 5.82 Å². The van der Waals surface area contributed by atoms with Crippen molar-refractivity contribution < 1.29 is 9.13 Å². The van der Waals surface area contributed by atoms with Crippen LogP contribution in [0.1, 0.15) is 12.0 Å². The number of methoxy groups -OCH3 is 1. The summed E-state index contributed by atoms with van der Waals surface area (Å²) in [5.74, 6) is 0.526. The van der Waals surface area contributed by atoms with Crippen LogP contribution < -0.4 is 10.1 Å². The lowest BCUT2D eigenvalue weighted by Crippen LogP contribution is -2.10. The van der Waals surface area contributed by atoms with Crippen molar-refractivity contribution in [2.24, 2.45) is 0 Å². The number of rotatable bonds is 7. The lowest BCUT2D eigenvalue weighted by atomic mass is 10.1. The van der Waals surface area contributed by atoms with E-state index in [2.05, 4.69) is 15.6 Å². The molecule has 0 radical (unpaired) electrons. The molecular formula is C24H21FN4OS. The average molecular weight is 433 g/mol. The van der Waals surface area contributed by atoms with E-state index in [1.165, 1.54) is 6.07 Å². The molecule has 0 unspecified atom stereocenters. The maximum atomic E-state index is 14.3. The summed E-state index contributed by atoms with van der Waals surface area (Å²) < 4.78 is 21.3. The Kier molecular flexibility index (Phi) is 6.33. The first-order valence-electron chi connectivity index (χ1n) is 9.81. The van der Waals surface area contributed by atoms with Crippen molar-refractivity contribution in [3.63, 3.8) is 0 Å². The molecule has 4 rings (SSSR count). The number of ether oxygens (including phenoxy) is 1. The smallest absolute Gasteiger partial charge is 0.126 e. The van der Waals surface area contributed by atoms with Gasteiger partial charge >= 0.3 is 0 Å². The molecule has 0 saturated carbocycles. The van der Waals surface area contributed by atoms with Gasteiger partial charge in [-0.25, -0.2) is 9.07 Å². The second kappa shape index (κ2) is 9.49. The number of anilines is 1. The van der Waals surface area contributed by atoms with Gasteiger partial charge in [-0.1, -0.05) is 53.8 Å². The molecule has 0 aliphatic carbocycles. The number of hydrogen-bond acceptors (Lipinski definition) is 4. The highest BCUT2D eigenvalue weighted by Crippen LogP contribution is 2.21. The van der Waals surface area contributed by atoms with E-state index < -0.39 is 0 Å². The minimum Gasteiger partial charge on any atom is -0.497 e. The Morgan fingerprint density at radius 3 is 2.58 bits per heavy atom.